The molecule has 1 saturated heterocycles. The number of unbranched alkanes of at least 4 members (excludes halogenated alkanes) is 1. The molecular weight excluding hydrogens is 266 g/mol. The van der Waals surface area contributed by atoms with Crippen LogP contribution >= 0.6 is 0 Å². The van der Waals surface area contributed by atoms with Crippen LogP contribution in [0.15, 0.2) is 0 Å². The number of carbonyl (C=O) groups excluding carboxylic acids is 1. The Morgan fingerprint density at radius 2 is 1.95 bits per heavy atom. The Balaban J connectivity index is 2.05. The Kier molecular flexibility index (Phi) is 8.69. The van der Waals surface area contributed by atoms with Gasteiger partial charge in [0.15, 0.2) is 0 Å². The van der Waals surface area contributed by atoms with E-state index in [-0.39, 0.29) is 18.7 Å². The highest BCUT2D eigenvalue weighted by molar-refractivity contribution is 5.74. The van der Waals surface area contributed by atoms with Gasteiger partial charge in [-0.25, -0.2) is 4.79 Å². The Morgan fingerprint density at radius 3 is 2.52 bits per heavy atom. The fourth-order valence-corrected chi connectivity index (χ4v) is 3.15. The van der Waals surface area contributed by atoms with Crippen LogP contribution in [-0.2, 0) is 0 Å². The first-order valence-corrected chi connectivity index (χ1v) is 8.42. The van der Waals surface area contributed by atoms with Crippen LogP contribution < -0.4 is 10.6 Å². The van der Waals surface area contributed by atoms with Crippen LogP contribution in [0.25, 0.3) is 0 Å². The highest BCUT2D eigenvalue weighted by Crippen LogP contribution is 2.20. The molecule has 3 unspecified atom stereocenters. The fraction of sp³-hybridized carbons (Fsp3) is 0.938. The van der Waals surface area contributed by atoms with E-state index in [1.807, 2.05) is 6.92 Å². The van der Waals surface area contributed by atoms with E-state index < -0.39 is 0 Å². The fourth-order valence-electron chi connectivity index (χ4n) is 3.15. The number of hydrogen-bond donors (Lipinski definition) is 3. The molecule has 3 atom stereocenters. The van der Waals surface area contributed by atoms with E-state index >= 15 is 0 Å². The highest BCUT2D eigenvalue weighted by Gasteiger charge is 2.20. The van der Waals surface area contributed by atoms with Crippen molar-refractivity contribution in [3.8, 4) is 0 Å². The van der Waals surface area contributed by atoms with Gasteiger partial charge >= 0.3 is 6.03 Å². The van der Waals surface area contributed by atoms with Gasteiger partial charge in [-0.2, -0.15) is 0 Å². The molecule has 124 valence electrons. The molecule has 2 amide bonds. The third-order valence-corrected chi connectivity index (χ3v) is 4.18. The van der Waals surface area contributed by atoms with Crippen molar-refractivity contribution in [1.82, 2.24) is 15.5 Å². The molecule has 0 aromatic heterocycles. The van der Waals surface area contributed by atoms with Crippen molar-refractivity contribution < 1.29 is 9.90 Å². The van der Waals surface area contributed by atoms with Crippen LogP contribution in [0.5, 0.6) is 0 Å². The number of likely N-dealkylation sites (tertiary alicyclic amines) is 1. The van der Waals surface area contributed by atoms with Crippen LogP contribution in [0.3, 0.4) is 0 Å². The molecule has 0 saturated carbocycles. The van der Waals surface area contributed by atoms with Crippen LogP contribution in [0, 0.1) is 11.8 Å². The molecule has 0 aromatic rings. The molecule has 1 fully saturated rings. The van der Waals surface area contributed by atoms with Crippen LogP contribution in [0.2, 0.25) is 0 Å². The standard InChI is InChI=1S/C16H33N3O2/c1-4-15(12-20)18-16(21)17-7-5-6-8-19-10-13(2)9-14(3)11-19/h13-15,20H,4-12H2,1-3H3,(H2,17,18,21). The lowest BCUT2D eigenvalue weighted by Crippen LogP contribution is -2.44. The predicted molar refractivity (Wildman–Crippen MR) is 86.3 cm³/mol. The first kappa shape index (κ1) is 18.2. The maximum absolute atomic E-state index is 11.6. The van der Waals surface area contributed by atoms with Crippen molar-refractivity contribution in [2.45, 2.75) is 52.5 Å². The molecular formula is C16H33N3O2. The number of hydrogen-bond acceptors (Lipinski definition) is 3. The van der Waals surface area contributed by atoms with Crippen molar-refractivity contribution in [3.05, 3.63) is 0 Å². The molecule has 0 radical (unpaired) electrons. The van der Waals surface area contributed by atoms with Gasteiger partial charge in [-0.05, 0) is 44.1 Å². The van der Waals surface area contributed by atoms with Gasteiger partial charge < -0.3 is 20.6 Å². The zero-order valence-electron chi connectivity index (χ0n) is 13.9. The van der Waals surface area contributed by atoms with Gasteiger partial charge in [0.2, 0.25) is 0 Å². The number of nitrogens with zero attached hydrogens (tertiary/aromatic N) is 1. The van der Waals surface area contributed by atoms with Crippen LogP contribution in [0.1, 0.15) is 46.5 Å². The summed E-state index contributed by atoms with van der Waals surface area (Å²) >= 11 is 0. The zero-order chi connectivity index (χ0) is 15.7. The SMILES string of the molecule is CCC(CO)NC(=O)NCCCCN1CC(C)CC(C)C1. The molecule has 1 heterocycles. The monoisotopic (exact) mass is 299 g/mol. The second-order valence-corrected chi connectivity index (χ2v) is 6.60. The minimum atomic E-state index is -0.170. The molecule has 1 aliphatic rings. The summed E-state index contributed by atoms with van der Waals surface area (Å²) in [5.41, 5.74) is 0. The Labute approximate surface area is 129 Å². The number of urea groups is 1. The normalized spacial score (nSPS) is 24.6. The van der Waals surface area contributed by atoms with Gasteiger partial charge in [0.25, 0.3) is 0 Å². The van der Waals surface area contributed by atoms with Gasteiger partial charge in [-0.1, -0.05) is 20.8 Å². The molecule has 21 heavy (non-hydrogen) atoms. The minimum absolute atomic E-state index is 0.00471. The summed E-state index contributed by atoms with van der Waals surface area (Å²) in [4.78, 5) is 14.1. The summed E-state index contributed by atoms with van der Waals surface area (Å²) in [6.45, 7) is 10.9. The predicted octanol–water partition coefficient (Wildman–Crippen LogP) is 1.81. The Bertz CT molecular complexity index is 285. The van der Waals surface area contributed by atoms with E-state index in [4.69, 9.17) is 5.11 Å². The van der Waals surface area contributed by atoms with Crippen molar-refractivity contribution in [1.29, 1.82) is 0 Å². The van der Waals surface area contributed by atoms with E-state index in [0.717, 1.165) is 37.6 Å². The lowest BCUT2D eigenvalue weighted by Gasteiger charge is -2.34. The number of piperidine rings is 1. The van der Waals surface area contributed by atoms with Gasteiger partial charge in [0.05, 0.1) is 12.6 Å². The van der Waals surface area contributed by atoms with Crippen molar-refractivity contribution in [3.63, 3.8) is 0 Å². The van der Waals surface area contributed by atoms with Crippen molar-refractivity contribution in [2.75, 3.05) is 32.8 Å². The lowest BCUT2D eigenvalue weighted by molar-refractivity contribution is 0.139. The molecule has 5 heteroatoms. The molecule has 3 N–H and O–H groups in total. The largest absolute Gasteiger partial charge is 0.394 e. The molecule has 0 aromatic carbocycles. The third-order valence-electron chi connectivity index (χ3n) is 4.18. The maximum atomic E-state index is 11.6. The molecule has 5 nitrogen and oxygen atoms in total. The number of nitrogens with one attached hydrogen (secondary N) is 2. The zero-order valence-corrected chi connectivity index (χ0v) is 13.9. The maximum Gasteiger partial charge on any atom is 0.315 e. The van der Waals surface area contributed by atoms with Gasteiger partial charge in [-0.3, -0.25) is 0 Å². The number of amides is 2. The summed E-state index contributed by atoms with van der Waals surface area (Å²) in [6.07, 6.45) is 4.22. The van der Waals surface area contributed by atoms with Gasteiger partial charge in [0, 0.05) is 19.6 Å². The van der Waals surface area contributed by atoms with E-state index in [1.165, 1.54) is 19.5 Å². The summed E-state index contributed by atoms with van der Waals surface area (Å²) in [6, 6.07) is -0.308. The smallest absolute Gasteiger partial charge is 0.315 e. The number of carbonyl (C=O) groups is 1. The van der Waals surface area contributed by atoms with E-state index in [2.05, 4.69) is 29.4 Å². The first-order valence-electron chi connectivity index (χ1n) is 8.42. The quantitative estimate of drug-likeness (QED) is 0.599. The van der Waals surface area contributed by atoms with Crippen LogP contribution in [-0.4, -0.2) is 54.9 Å². The second-order valence-electron chi connectivity index (χ2n) is 6.60. The Morgan fingerprint density at radius 1 is 1.29 bits per heavy atom. The number of rotatable bonds is 8. The summed E-state index contributed by atoms with van der Waals surface area (Å²) in [5.74, 6) is 1.62. The van der Waals surface area contributed by atoms with E-state index in [9.17, 15) is 4.79 Å². The molecule has 1 aliphatic heterocycles. The van der Waals surface area contributed by atoms with Crippen molar-refractivity contribution >= 4 is 6.03 Å². The summed E-state index contributed by atoms with van der Waals surface area (Å²) in [5, 5.41) is 14.6. The third kappa shape index (κ3) is 7.67. The van der Waals surface area contributed by atoms with Gasteiger partial charge in [0.1, 0.15) is 0 Å². The average molecular weight is 299 g/mol. The summed E-state index contributed by atoms with van der Waals surface area (Å²) < 4.78 is 0. The lowest BCUT2D eigenvalue weighted by atomic mass is 9.92. The first-order chi connectivity index (χ1) is 10.0. The average Bonchev–Trinajstić information content (AvgIpc) is 2.43. The van der Waals surface area contributed by atoms with Crippen molar-refractivity contribution in [2.24, 2.45) is 11.8 Å². The second kappa shape index (κ2) is 10.0. The molecule has 0 spiro atoms. The van der Waals surface area contributed by atoms with Gasteiger partial charge in [-0.15, -0.1) is 0 Å². The number of aliphatic hydroxyl groups is 1. The highest BCUT2D eigenvalue weighted by atomic mass is 16.3. The molecule has 1 rings (SSSR count). The topological polar surface area (TPSA) is 64.6 Å². The van der Waals surface area contributed by atoms with Crippen LogP contribution in [0.4, 0.5) is 4.79 Å². The van der Waals surface area contributed by atoms with E-state index in [0.29, 0.717) is 6.54 Å². The Hall–Kier alpha value is -0.810. The molecule has 0 bridgehead atoms. The number of aliphatic hydroxyl groups excluding tert-OH is 1. The van der Waals surface area contributed by atoms with E-state index in [1.54, 1.807) is 0 Å². The molecule has 0 aliphatic carbocycles. The summed E-state index contributed by atoms with van der Waals surface area (Å²) in [7, 11) is 0. The minimum Gasteiger partial charge on any atom is -0.394 e.